The Kier molecular flexibility index (Phi) is 6.47. The molecule has 0 aromatic heterocycles. The van der Waals surface area contributed by atoms with E-state index in [1.807, 2.05) is 25.7 Å². The number of piperazine rings is 1. The number of ether oxygens (including phenoxy) is 1. The van der Waals surface area contributed by atoms with Crippen molar-refractivity contribution < 1.29 is 19.1 Å². The Morgan fingerprint density at radius 3 is 2.25 bits per heavy atom. The van der Waals surface area contributed by atoms with E-state index >= 15 is 0 Å². The van der Waals surface area contributed by atoms with Crippen molar-refractivity contribution in [3.05, 3.63) is 0 Å². The normalized spacial score (nSPS) is 24.0. The molecule has 2 heterocycles. The number of hydrogen-bond acceptors (Lipinski definition) is 5. The van der Waals surface area contributed by atoms with Gasteiger partial charge in [0.1, 0.15) is 5.60 Å². The van der Waals surface area contributed by atoms with E-state index in [9.17, 15) is 14.4 Å². The standard InChI is InChI=1S/C20H34N4O4/c1-20(2,3)28-19(27)24-8-4-5-15(14-24)13-22-9-11-23(12-10-22)18(26)17(25)21-16-6-7-16/h15-16H,4-14H2,1-3H3,(H,21,25). The van der Waals surface area contributed by atoms with Crippen molar-refractivity contribution in [2.45, 2.75) is 58.1 Å². The van der Waals surface area contributed by atoms with Crippen LogP contribution in [0, 0.1) is 5.92 Å². The number of rotatable bonds is 3. The molecule has 1 unspecified atom stereocenters. The molecule has 3 fully saturated rings. The van der Waals surface area contributed by atoms with E-state index in [1.165, 1.54) is 0 Å². The number of piperidine rings is 1. The average molecular weight is 395 g/mol. The minimum Gasteiger partial charge on any atom is -0.444 e. The lowest BCUT2D eigenvalue weighted by Crippen LogP contribution is -2.54. The Balaban J connectivity index is 1.40. The second kappa shape index (κ2) is 8.68. The highest BCUT2D eigenvalue weighted by atomic mass is 16.6. The molecule has 2 aliphatic heterocycles. The third kappa shape index (κ3) is 6.09. The predicted octanol–water partition coefficient (Wildman–Crippen LogP) is 1.06. The van der Waals surface area contributed by atoms with Crippen LogP contribution < -0.4 is 5.32 Å². The molecule has 3 amide bonds. The first kappa shape index (κ1) is 20.9. The zero-order valence-corrected chi connectivity index (χ0v) is 17.4. The molecular formula is C20H34N4O4. The van der Waals surface area contributed by atoms with Crippen LogP contribution in [0.5, 0.6) is 0 Å². The molecule has 8 heteroatoms. The molecule has 28 heavy (non-hydrogen) atoms. The zero-order valence-electron chi connectivity index (χ0n) is 17.4. The maximum Gasteiger partial charge on any atom is 0.410 e. The van der Waals surface area contributed by atoms with Crippen LogP contribution in [0.4, 0.5) is 4.79 Å². The molecule has 8 nitrogen and oxygen atoms in total. The molecule has 0 spiro atoms. The van der Waals surface area contributed by atoms with Gasteiger partial charge in [-0.15, -0.1) is 0 Å². The van der Waals surface area contributed by atoms with Crippen molar-refractivity contribution in [1.82, 2.24) is 20.0 Å². The summed E-state index contributed by atoms with van der Waals surface area (Å²) in [7, 11) is 0. The molecule has 1 aliphatic carbocycles. The van der Waals surface area contributed by atoms with Crippen LogP contribution in [0.3, 0.4) is 0 Å². The smallest absolute Gasteiger partial charge is 0.410 e. The fourth-order valence-corrected chi connectivity index (χ4v) is 3.82. The monoisotopic (exact) mass is 394 g/mol. The van der Waals surface area contributed by atoms with Crippen LogP contribution in [-0.2, 0) is 14.3 Å². The van der Waals surface area contributed by atoms with Gasteiger partial charge < -0.3 is 19.9 Å². The average Bonchev–Trinajstić information content (AvgIpc) is 3.44. The fourth-order valence-electron chi connectivity index (χ4n) is 3.82. The molecule has 2 saturated heterocycles. The molecule has 0 bridgehead atoms. The summed E-state index contributed by atoms with van der Waals surface area (Å²) in [5, 5.41) is 2.77. The highest BCUT2D eigenvalue weighted by Crippen LogP contribution is 2.21. The van der Waals surface area contributed by atoms with Gasteiger partial charge in [-0.1, -0.05) is 0 Å². The van der Waals surface area contributed by atoms with Gasteiger partial charge in [-0.2, -0.15) is 0 Å². The van der Waals surface area contributed by atoms with Crippen LogP contribution in [0.2, 0.25) is 0 Å². The third-order valence-electron chi connectivity index (χ3n) is 5.45. The Morgan fingerprint density at radius 2 is 1.64 bits per heavy atom. The zero-order chi connectivity index (χ0) is 20.3. The lowest BCUT2D eigenvalue weighted by Gasteiger charge is -2.39. The van der Waals surface area contributed by atoms with Gasteiger partial charge in [-0.05, 0) is 52.4 Å². The minimum atomic E-state index is -0.474. The summed E-state index contributed by atoms with van der Waals surface area (Å²) in [6.45, 7) is 10.8. The van der Waals surface area contributed by atoms with Crippen molar-refractivity contribution in [3.8, 4) is 0 Å². The number of likely N-dealkylation sites (tertiary alicyclic amines) is 1. The van der Waals surface area contributed by atoms with E-state index in [0.29, 0.717) is 19.0 Å². The fraction of sp³-hybridized carbons (Fsp3) is 0.850. The SMILES string of the molecule is CC(C)(C)OC(=O)N1CCCC(CN2CCN(C(=O)C(=O)NC3CC3)CC2)C1. The summed E-state index contributed by atoms with van der Waals surface area (Å²) in [6.07, 6.45) is 3.82. The number of nitrogens with zero attached hydrogens (tertiary/aromatic N) is 3. The molecule has 1 N–H and O–H groups in total. The van der Waals surface area contributed by atoms with Gasteiger partial charge in [-0.3, -0.25) is 14.5 Å². The number of carbonyl (C=O) groups is 3. The maximum atomic E-state index is 12.3. The van der Waals surface area contributed by atoms with Gasteiger partial charge in [0.25, 0.3) is 0 Å². The summed E-state index contributed by atoms with van der Waals surface area (Å²) < 4.78 is 5.50. The molecule has 1 atom stereocenters. The van der Waals surface area contributed by atoms with E-state index < -0.39 is 17.4 Å². The van der Waals surface area contributed by atoms with Gasteiger partial charge in [0.2, 0.25) is 0 Å². The lowest BCUT2D eigenvalue weighted by atomic mass is 9.97. The first-order chi connectivity index (χ1) is 13.2. The summed E-state index contributed by atoms with van der Waals surface area (Å²) in [5.74, 6) is -0.446. The molecule has 0 radical (unpaired) electrons. The van der Waals surface area contributed by atoms with Gasteiger partial charge >= 0.3 is 17.9 Å². The number of nitrogens with one attached hydrogen (secondary N) is 1. The van der Waals surface area contributed by atoms with Crippen LogP contribution in [0.25, 0.3) is 0 Å². The summed E-state index contributed by atoms with van der Waals surface area (Å²) in [4.78, 5) is 42.3. The van der Waals surface area contributed by atoms with Crippen LogP contribution in [0.15, 0.2) is 0 Å². The third-order valence-corrected chi connectivity index (χ3v) is 5.45. The van der Waals surface area contributed by atoms with Gasteiger partial charge in [-0.25, -0.2) is 4.79 Å². The highest BCUT2D eigenvalue weighted by molar-refractivity contribution is 6.35. The van der Waals surface area contributed by atoms with Crippen LogP contribution >= 0.6 is 0 Å². The number of hydrogen-bond donors (Lipinski definition) is 1. The Labute approximate surface area is 167 Å². The van der Waals surface area contributed by atoms with Crippen LogP contribution in [0.1, 0.15) is 46.5 Å². The number of carbonyl (C=O) groups excluding carboxylic acids is 3. The molecule has 158 valence electrons. The van der Waals surface area contributed by atoms with Crippen molar-refractivity contribution >= 4 is 17.9 Å². The molecule has 3 aliphatic rings. The first-order valence-electron chi connectivity index (χ1n) is 10.5. The second-order valence-corrected chi connectivity index (χ2v) is 9.28. The van der Waals surface area contributed by atoms with E-state index in [1.54, 1.807) is 4.90 Å². The van der Waals surface area contributed by atoms with E-state index in [-0.39, 0.29) is 12.1 Å². The van der Waals surface area contributed by atoms with Gasteiger partial charge in [0.15, 0.2) is 0 Å². The minimum absolute atomic E-state index is 0.206. The Hall–Kier alpha value is -1.83. The summed E-state index contributed by atoms with van der Waals surface area (Å²) in [6, 6.07) is 0.206. The molecule has 3 rings (SSSR count). The van der Waals surface area contributed by atoms with Gasteiger partial charge in [0.05, 0.1) is 0 Å². The quantitative estimate of drug-likeness (QED) is 0.724. The topological polar surface area (TPSA) is 82.2 Å². The molecule has 0 aromatic carbocycles. The lowest BCUT2D eigenvalue weighted by molar-refractivity contribution is -0.147. The summed E-state index contributed by atoms with van der Waals surface area (Å²) >= 11 is 0. The van der Waals surface area contributed by atoms with Crippen molar-refractivity contribution in [2.75, 3.05) is 45.8 Å². The second-order valence-electron chi connectivity index (χ2n) is 9.28. The van der Waals surface area contributed by atoms with Crippen LogP contribution in [-0.4, -0.2) is 90.1 Å². The summed E-state index contributed by atoms with van der Waals surface area (Å²) in [5.41, 5.74) is -0.474. The van der Waals surface area contributed by atoms with E-state index in [4.69, 9.17) is 4.74 Å². The maximum absolute atomic E-state index is 12.3. The van der Waals surface area contributed by atoms with E-state index in [2.05, 4.69) is 10.2 Å². The van der Waals surface area contributed by atoms with E-state index in [0.717, 1.165) is 58.4 Å². The Bertz CT molecular complexity index is 592. The largest absolute Gasteiger partial charge is 0.444 e. The predicted molar refractivity (Wildman–Crippen MR) is 105 cm³/mol. The van der Waals surface area contributed by atoms with Gasteiger partial charge in [0, 0.05) is 51.9 Å². The number of amides is 3. The molecule has 1 saturated carbocycles. The first-order valence-corrected chi connectivity index (χ1v) is 10.5. The van der Waals surface area contributed by atoms with Crippen molar-refractivity contribution in [3.63, 3.8) is 0 Å². The Morgan fingerprint density at radius 1 is 0.964 bits per heavy atom. The molecular weight excluding hydrogens is 360 g/mol. The molecule has 0 aromatic rings. The highest BCUT2D eigenvalue weighted by Gasteiger charge is 2.32. The van der Waals surface area contributed by atoms with Crippen molar-refractivity contribution in [1.29, 1.82) is 0 Å². The van der Waals surface area contributed by atoms with Crippen molar-refractivity contribution in [2.24, 2.45) is 5.92 Å².